The minimum Gasteiger partial charge on any atom is -0.465 e. The molecule has 110 valence electrons. The fourth-order valence-corrected chi connectivity index (χ4v) is 2.66. The second kappa shape index (κ2) is 6.36. The lowest BCUT2D eigenvalue weighted by Crippen LogP contribution is -2.07. The van der Waals surface area contributed by atoms with Crippen molar-refractivity contribution >= 4 is 28.0 Å². The van der Waals surface area contributed by atoms with Gasteiger partial charge in [-0.2, -0.15) is 0 Å². The largest absolute Gasteiger partial charge is 0.465 e. The molecular weight excluding hydrogens is 292 g/mol. The van der Waals surface area contributed by atoms with Gasteiger partial charge in [0.15, 0.2) is 0 Å². The summed E-state index contributed by atoms with van der Waals surface area (Å²) in [7, 11) is 1.34. The zero-order chi connectivity index (χ0) is 15.4. The minimum atomic E-state index is -0.405. The van der Waals surface area contributed by atoms with Crippen LogP contribution in [-0.2, 0) is 11.3 Å². The summed E-state index contributed by atoms with van der Waals surface area (Å²) >= 11 is 1.13. The van der Waals surface area contributed by atoms with Crippen molar-refractivity contribution in [2.75, 3.05) is 12.4 Å². The van der Waals surface area contributed by atoms with E-state index in [1.807, 2.05) is 13.0 Å². The molecule has 0 saturated heterocycles. The number of nitro groups is 1. The van der Waals surface area contributed by atoms with Crippen LogP contribution < -0.4 is 5.32 Å². The maximum absolute atomic E-state index is 11.6. The van der Waals surface area contributed by atoms with Gasteiger partial charge in [-0.05, 0) is 30.7 Å². The first-order valence-corrected chi connectivity index (χ1v) is 6.99. The Hall–Kier alpha value is -2.41. The normalized spacial score (nSPS) is 10.2. The molecule has 0 aliphatic rings. The molecule has 0 fully saturated rings. The predicted molar refractivity (Wildman–Crippen MR) is 80.8 cm³/mol. The van der Waals surface area contributed by atoms with Crippen molar-refractivity contribution < 1.29 is 14.5 Å². The first kappa shape index (κ1) is 15.0. The number of carbonyl (C=O) groups is 1. The van der Waals surface area contributed by atoms with Crippen molar-refractivity contribution in [2.24, 2.45) is 0 Å². The van der Waals surface area contributed by atoms with Gasteiger partial charge in [0.25, 0.3) is 0 Å². The summed E-state index contributed by atoms with van der Waals surface area (Å²) < 4.78 is 4.72. The Morgan fingerprint density at radius 2 is 2.14 bits per heavy atom. The molecule has 2 rings (SSSR count). The molecule has 0 bridgehead atoms. The monoisotopic (exact) mass is 306 g/mol. The van der Waals surface area contributed by atoms with Crippen LogP contribution in [0.4, 0.5) is 10.7 Å². The van der Waals surface area contributed by atoms with Gasteiger partial charge in [-0.15, -0.1) is 0 Å². The van der Waals surface area contributed by atoms with E-state index in [0.29, 0.717) is 12.1 Å². The van der Waals surface area contributed by atoms with Crippen molar-refractivity contribution in [1.29, 1.82) is 0 Å². The third-order valence-electron chi connectivity index (χ3n) is 3.02. The number of benzene rings is 1. The number of nitrogens with one attached hydrogen (secondary N) is 1. The molecular formula is C14H14N2O4S. The van der Waals surface area contributed by atoms with E-state index in [1.165, 1.54) is 13.2 Å². The SMILES string of the molecule is COC(=O)c1cccc(NCc2ccc([N+](=O)[O-])s2)c1C. The van der Waals surface area contributed by atoms with E-state index in [-0.39, 0.29) is 11.0 Å². The van der Waals surface area contributed by atoms with Gasteiger partial charge in [0.05, 0.1) is 17.6 Å². The highest BCUT2D eigenvalue weighted by molar-refractivity contribution is 7.15. The maximum Gasteiger partial charge on any atom is 0.338 e. The highest BCUT2D eigenvalue weighted by Crippen LogP contribution is 2.26. The molecule has 0 saturated carbocycles. The van der Waals surface area contributed by atoms with E-state index in [4.69, 9.17) is 4.74 Å². The van der Waals surface area contributed by atoms with Crippen LogP contribution in [0.2, 0.25) is 0 Å². The number of anilines is 1. The number of esters is 1. The summed E-state index contributed by atoms with van der Waals surface area (Å²) in [5.74, 6) is -0.386. The predicted octanol–water partition coefficient (Wildman–Crippen LogP) is 3.36. The highest BCUT2D eigenvalue weighted by Gasteiger charge is 2.13. The van der Waals surface area contributed by atoms with Crippen LogP contribution in [0.25, 0.3) is 0 Å². The summed E-state index contributed by atoms with van der Waals surface area (Å²) in [5, 5.41) is 13.9. The van der Waals surface area contributed by atoms with Crippen LogP contribution in [0.15, 0.2) is 30.3 Å². The van der Waals surface area contributed by atoms with Gasteiger partial charge in [-0.25, -0.2) is 4.79 Å². The van der Waals surface area contributed by atoms with Gasteiger partial charge in [0.2, 0.25) is 0 Å². The Morgan fingerprint density at radius 1 is 1.38 bits per heavy atom. The molecule has 21 heavy (non-hydrogen) atoms. The molecule has 0 unspecified atom stereocenters. The van der Waals surface area contributed by atoms with Crippen molar-refractivity contribution in [2.45, 2.75) is 13.5 Å². The van der Waals surface area contributed by atoms with E-state index in [1.54, 1.807) is 18.2 Å². The number of thiophene rings is 1. The number of hydrogen-bond donors (Lipinski definition) is 1. The zero-order valence-electron chi connectivity index (χ0n) is 11.6. The lowest BCUT2D eigenvalue weighted by Gasteiger charge is -2.11. The van der Waals surface area contributed by atoms with Crippen LogP contribution in [0, 0.1) is 17.0 Å². The molecule has 0 spiro atoms. The molecule has 2 aromatic rings. The third-order valence-corrected chi connectivity index (χ3v) is 4.06. The first-order valence-electron chi connectivity index (χ1n) is 6.18. The Morgan fingerprint density at radius 3 is 2.76 bits per heavy atom. The maximum atomic E-state index is 11.6. The fourth-order valence-electron chi connectivity index (χ4n) is 1.90. The van der Waals surface area contributed by atoms with Crippen LogP contribution in [0.1, 0.15) is 20.8 Å². The number of methoxy groups -OCH3 is 1. The molecule has 6 nitrogen and oxygen atoms in total. The highest BCUT2D eigenvalue weighted by atomic mass is 32.1. The van der Waals surface area contributed by atoms with Crippen molar-refractivity contribution in [3.05, 3.63) is 56.5 Å². The Labute approximate surface area is 125 Å². The average Bonchev–Trinajstić information content (AvgIpc) is 2.94. The summed E-state index contributed by atoms with van der Waals surface area (Å²) in [6, 6.07) is 8.51. The second-order valence-electron chi connectivity index (χ2n) is 4.32. The van der Waals surface area contributed by atoms with Gasteiger partial charge in [-0.3, -0.25) is 10.1 Å². The number of ether oxygens (including phenoxy) is 1. The lowest BCUT2D eigenvalue weighted by molar-refractivity contribution is -0.380. The van der Waals surface area contributed by atoms with E-state index < -0.39 is 4.92 Å². The summed E-state index contributed by atoms with van der Waals surface area (Å²) in [6.07, 6.45) is 0. The quantitative estimate of drug-likeness (QED) is 0.520. The van der Waals surface area contributed by atoms with E-state index in [0.717, 1.165) is 27.5 Å². The van der Waals surface area contributed by atoms with Crippen LogP contribution in [0.3, 0.4) is 0 Å². The van der Waals surface area contributed by atoms with Gasteiger partial charge >= 0.3 is 11.0 Å². The molecule has 7 heteroatoms. The molecule has 1 N–H and O–H groups in total. The number of carbonyl (C=O) groups excluding carboxylic acids is 1. The smallest absolute Gasteiger partial charge is 0.338 e. The number of nitrogens with zero attached hydrogens (tertiary/aromatic N) is 1. The Bertz CT molecular complexity index is 681. The summed E-state index contributed by atoms with van der Waals surface area (Å²) in [5.41, 5.74) is 2.09. The number of rotatable bonds is 5. The van der Waals surface area contributed by atoms with Gasteiger partial charge in [0, 0.05) is 23.2 Å². The minimum absolute atomic E-state index is 0.117. The van der Waals surface area contributed by atoms with Crippen molar-refractivity contribution in [3.63, 3.8) is 0 Å². The molecule has 1 aromatic heterocycles. The average molecular weight is 306 g/mol. The summed E-state index contributed by atoms with van der Waals surface area (Å²) in [6.45, 7) is 2.29. The Kier molecular flexibility index (Phi) is 4.54. The summed E-state index contributed by atoms with van der Waals surface area (Å²) in [4.78, 5) is 22.7. The standard InChI is InChI=1S/C14H14N2O4S/c1-9-11(14(17)20-2)4-3-5-12(9)15-8-10-6-7-13(21-10)16(18)19/h3-7,15H,8H2,1-2H3. The van der Waals surface area contributed by atoms with Crippen molar-refractivity contribution in [1.82, 2.24) is 0 Å². The zero-order valence-corrected chi connectivity index (χ0v) is 12.4. The van der Waals surface area contributed by atoms with E-state index >= 15 is 0 Å². The van der Waals surface area contributed by atoms with Gasteiger partial charge in [0.1, 0.15) is 0 Å². The molecule has 0 radical (unpaired) electrons. The second-order valence-corrected chi connectivity index (χ2v) is 5.47. The first-order chi connectivity index (χ1) is 10.0. The molecule has 0 atom stereocenters. The molecule has 1 heterocycles. The van der Waals surface area contributed by atoms with Gasteiger partial charge in [-0.1, -0.05) is 17.4 Å². The van der Waals surface area contributed by atoms with Crippen LogP contribution >= 0.6 is 11.3 Å². The molecule has 0 amide bonds. The third kappa shape index (κ3) is 3.38. The van der Waals surface area contributed by atoms with E-state index in [9.17, 15) is 14.9 Å². The molecule has 0 aliphatic carbocycles. The topological polar surface area (TPSA) is 81.5 Å². The lowest BCUT2D eigenvalue weighted by atomic mass is 10.1. The van der Waals surface area contributed by atoms with E-state index in [2.05, 4.69) is 5.32 Å². The Balaban J connectivity index is 2.12. The molecule has 0 aliphatic heterocycles. The van der Waals surface area contributed by atoms with Gasteiger partial charge < -0.3 is 10.1 Å². The molecule has 1 aromatic carbocycles. The fraction of sp³-hybridized carbons (Fsp3) is 0.214. The van der Waals surface area contributed by atoms with Crippen molar-refractivity contribution in [3.8, 4) is 0 Å². The number of hydrogen-bond acceptors (Lipinski definition) is 6. The van der Waals surface area contributed by atoms with Crippen LogP contribution in [0.5, 0.6) is 0 Å². The van der Waals surface area contributed by atoms with Crippen LogP contribution in [-0.4, -0.2) is 18.0 Å².